The number of hydrogen-bond acceptors (Lipinski definition) is 3. The molecular weight excluding hydrogens is 242 g/mol. The SMILES string of the molecule is CCC(=O)N1Cc2cn[nH]c2-c2cc(OC)ccc21. The van der Waals surface area contributed by atoms with E-state index in [9.17, 15) is 4.79 Å². The van der Waals surface area contributed by atoms with Gasteiger partial charge in [-0.1, -0.05) is 6.92 Å². The van der Waals surface area contributed by atoms with Crippen LogP contribution < -0.4 is 9.64 Å². The van der Waals surface area contributed by atoms with Crippen LogP contribution in [0.5, 0.6) is 5.75 Å². The number of benzene rings is 1. The van der Waals surface area contributed by atoms with Gasteiger partial charge in [0.15, 0.2) is 0 Å². The number of hydrogen-bond donors (Lipinski definition) is 1. The number of nitrogens with one attached hydrogen (secondary N) is 1. The largest absolute Gasteiger partial charge is 0.497 e. The Balaban J connectivity index is 2.18. The molecule has 98 valence electrons. The van der Waals surface area contributed by atoms with Gasteiger partial charge in [-0.15, -0.1) is 0 Å². The molecule has 0 unspecified atom stereocenters. The van der Waals surface area contributed by atoms with Crippen LogP contribution in [0.1, 0.15) is 18.9 Å². The molecule has 0 bridgehead atoms. The fourth-order valence-corrected chi connectivity index (χ4v) is 2.41. The summed E-state index contributed by atoms with van der Waals surface area (Å²) in [7, 11) is 1.63. The van der Waals surface area contributed by atoms with Crippen molar-refractivity contribution in [1.82, 2.24) is 10.2 Å². The highest BCUT2D eigenvalue weighted by Crippen LogP contribution is 2.39. The molecule has 0 fully saturated rings. The number of ether oxygens (including phenoxy) is 1. The zero-order chi connectivity index (χ0) is 13.4. The zero-order valence-electron chi connectivity index (χ0n) is 10.9. The number of amides is 1. The van der Waals surface area contributed by atoms with Gasteiger partial charge < -0.3 is 9.64 Å². The molecule has 5 nitrogen and oxygen atoms in total. The quantitative estimate of drug-likeness (QED) is 0.898. The lowest BCUT2D eigenvalue weighted by Crippen LogP contribution is -2.32. The highest BCUT2D eigenvalue weighted by molar-refractivity contribution is 5.99. The van der Waals surface area contributed by atoms with Crippen LogP contribution in [0.25, 0.3) is 11.3 Å². The summed E-state index contributed by atoms with van der Waals surface area (Å²) >= 11 is 0. The Kier molecular flexibility index (Phi) is 2.74. The van der Waals surface area contributed by atoms with Gasteiger partial charge in [-0.25, -0.2) is 0 Å². The molecule has 0 spiro atoms. The average Bonchev–Trinajstić information content (AvgIpc) is 2.93. The molecular formula is C14H15N3O2. The smallest absolute Gasteiger partial charge is 0.227 e. The predicted octanol–water partition coefficient (Wildman–Crippen LogP) is 2.34. The maximum absolute atomic E-state index is 12.1. The van der Waals surface area contributed by atoms with E-state index in [0.717, 1.165) is 28.3 Å². The molecule has 1 amide bonds. The van der Waals surface area contributed by atoms with Crippen LogP contribution in [-0.2, 0) is 11.3 Å². The van der Waals surface area contributed by atoms with Gasteiger partial charge in [0.05, 0.1) is 31.2 Å². The Morgan fingerprint density at radius 3 is 3.11 bits per heavy atom. The van der Waals surface area contributed by atoms with Crippen molar-refractivity contribution in [3.05, 3.63) is 30.0 Å². The Bertz CT molecular complexity index is 633. The number of fused-ring (bicyclic) bond motifs is 3. The highest BCUT2D eigenvalue weighted by Gasteiger charge is 2.27. The van der Waals surface area contributed by atoms with Gasteiger partial charge in [0, 0.05) is 17.5 Å². The minimum Gasteiger partial charge on any atom is -0.497 e. The number of carbonyl (C=O) groups is 1. The summed E-state index contributed by atoms with van der Waals surface area (Å²) in [6, 6.07) is 5.73. The second-order valence-corrected chi connectivity index (χ2v) is 4.49. The minimum absolute atomic E-state index is 0.110. The Labute approximate surface area is 111 Å². The molecule has 1 aliphatic rings. The molecule has 3 rings (SSSR count). The van der Waals surface area contributed by atoms with Crippen LogP contribution >= 0.6 is 0 Å². The number of carbonyl (C=O) groups excluding carboxylic acids is 1. The van der Waals surface area contributed by atoms with Crippen molar-refractivity contribution < 1.29 is 9.53 Å². The summed E-state index contributed by atoms with van der Waals surface area (Å²) in [6.07, 6.45) is 2.26. The van der Waals surface area contributed by atoms with E-state index in [4.69, 9.17) is 4.74 Å². The summed E-state index contributed by atoms with van der Waals surface area (Å²) in [5, 5.41) is 7.07. The van der Waals surface area contributed by atoms with E-state index in [1.807, 2.05) is 25.1 Å². The normalized spacial score (nSPS) is 12.8. The molecule has 0 saturated carbocycles. The number of anilines is 1. The molecule has 0 saturated heterocycles. The number of aromatic amines is 1. The molecule has 5 heteroatoms. The standard InChI is InChI=1S/C14H15N3O2/c1-3-13(18)17-8-9-7-15-16-14(9)11-6-10(19-2)4-5-12(11)17/h4-7H,3,8H2,1-2H3,(H,15,16). The minimum atomic E-state index is 0.110. The molecule has 2 aromatic rings. The first-order valence-electron chi connectivity index (χ1n) is 6.25. The van der Waals surface area contributed by atoms with E-state index in [-0.39, 0.29) is 5.91 Å². The Morgan fingerprint density at radius 2 is 2.37 bits per heavy atom. The van der Waals surface area contributed by atoms with E-state index >= 15 is 0 Å². The average molecular weight is 257 g/mol. The second kappa shape index (κ2) is 4.42. The van der Waals surface area contributed by atoms with Crippen molar-refractivity contribution in [2.24, 2.45) is 0 Å². The van der Waals surface area contributed by atoms with Crippen LogP contribution in [0.3, 0.4) is 0 Å². The van der Waals surface area contributed by atoms with Crippen LogP contribution in [-0.4, -0.2) is 23.2 Å². The fourth-order valence-electron chi connectivity index (χ4n) is 2.41. The molecule has 1 aromatic carbocycles. The Hall–Kier alpha value is -2.30. The van der Waals surface area contributed by atoms with E-state index in [1.165, 1.54) is 0 Å². The predicted molar refractivity (Wildman–Crippen MR) is 72.1 cm³/mol. The van der Waals surface area contributed by atoms with Gasteiger partial charge in [-0.3, -0.25) is 9.89 Å². The van der Waals surface area contributed by atoms with E-state index < -0.39 is 0 Å². The lowest BCUT2D eigenvalue weighted by Gasteiger charge is -2.29. The van der Waals surface area contributed by atoms with Crippen molar-refractivity contribution >= 4 is 11.6 Å². The van der Waals surface area contributed by atoms with Crippen LogP contribution in [0, 0.1) is 0 Å². The third-order valence-corrected chi connectivity index (χ3v) is 3.41. The molecule has 1 aliphatic heterocycles. The van der Waals surface area contributed by atoms with Crippen LogP contribution in [0.4, 0.5) is 5.69 Å². The van der Waals surface area contributed by atoms with Crippen molar-refractivity contribution in [1.29, 1.82) is 0 Å². The number of aromatic nitrogens is 2. The number of methoxy groups -OCH3 is 1. The first-order valence-corrected chi connectivity index (χ1v) is 6.25. The maximum Gasteiger partial charge on any atom is 0.227 e. The fraction of sp³-hybridized carbons (Fsp3) is 0.286. The summed E-state index contributed by atoms with van der Waals surface area (Å²) < 4.78 is 5.26. The summed E-state index contributed by atoms with van der Waals surface area (Å²) in [4.78, 5) is 13.9. The van der Waals surface area contributed by atoms with Crippen molar-refractivity contribution in [2.75, 3.05) is 12.0 Å². The van der Waals surface area contributed by atoms with Crippen LogP contribution in [0.2, 0.25) is 0 Å². The molecule has 0 aliphatic carbocycles. The van der Waals surface area contributed by atoms with E-state index in [2.05, 4.69) is 10.2 Å². The summed E-state index contributed by atoms with van der Waals surface area (Å²) in [5.41, 5.74) is 3.86. The highest BCUT2D eigenvalue weighted by atomic mass is 16.5. The lowest BCUT2D eigenvalue weighted by molar-refractivity contribution is -0.118. The van der Waals surface area contributed by atoms with Crippen LogP contribution in [0.15, 0.2) is 24.4 Å². The topological polar surface area (TPSA) is 58.2 Å². The molecule has 1 aromatic heterocycles. The Morgan fingerprint density at radius 1 is 1.53 bits per heavy atom. The second-order valence-electron chi connectivity index (χ2n) is 4.49. The van der Waals surface area contributed by atoms with Gasteiger partial charge >= 0.3 is 0 Å². The maximum atomic E-state index is 12.1. The van der Waals surface area contributed by atoms with Gasteiger partial charge in [-0.05, 0) is 18.2 Å². The van der Waals surface area contributed by atoms with Gasteiger partial charge in [0.1, 0.15) is 5.75 Å². The first kappa shape index (κ1) is 11.8. The molecule has 19 heavy (non-hydrogen) atoms. The zero-order valence-corrected chi connectivity index (χ0v) is 10.9. The van der Waals surface area contributed by atoms with E-state index in [1.54, 1.807) is 18.2 Å². The summed E-state index contributed by atoms with van der Waals surface area (Å²) in [5.74, 6) is 0.878. The monoisotopic (exact) mass is 257 g/mol. The van der Waals surface area contributed by atoms with Gasteiger partial charge in [0.25, 0.3) is 0 Å². The third kappa shape index (κ3) is 1.78. The molecule has 1 N–H and O–H groups in total. The summed E-state index contributed by atoms with van der Waals surface area (Å²) in [6.45, 7) is 2.44. The third-order valence-electron chi connectivity index (χ3n) is 3.41. The molecule has 0 atom stereocenters. The molecule has 0 radical (unpaired) electrons. The number of rotatable bonds is 2. The lowest BCUT2D eigenvalue weighted by atomic mass is 9.99. The van der Waals surface area contributed by atoms with Crippen molar-refractivity contribution in [2.45, 2.75) is 19.9 Å². The number of H-pyrrole nitrogens is 1. The van der Waals surface area contributed by atoms with Gasteiger partial charge in [0.2, 0.25) is 5.91 Å². The molecule has 2 heterocycles. The van der Waals surface area contributed by atoms with Gasteiger partial charge in [-0.2, -0.15) is 5.10 Å². The van der Waals surface area contributed by atoms with E-state index in [0.29, 0.717) is 13.0 Å². The number of nitrogens with zero attached hydrogens (tertiary/aromatic N) is 2. The van der Waals surface area contributed by atoms with Crippen molar-refractivity contribution in [3.63, 3.8) is 0 Å². The first-order chi connectivity index (χ1) is 9.24. The van der Waals surface area contributed by atoms with Crippen molar-refractivity contribution in [3.8, 4) is 17.0 Å².